The van der Waals surface area contributed by atoms with Crippen molar-refractivity contribution in [1.29, 1.82) is 0 Å². The maximum absolute atomic E-state index is 12.4. The van der Waals surface area contributed by atoms with Crippen LogP contribution in [0.1, 0.15) is 39.9 Å². The van der Waals surface area contributed by atoms with E-state index in [0.717, 1.165) is 28.9 Å². The smallest absolute Gasteiger partial charge is 0.333 e. The zero-order valence-corrected chi connectivity index (χ0v) is 19.2. The maximum Gasteiger partial charge on any atom is 0.333 e. The molecule has 0 fully saturated rings. The number of carbonyl (C=O) groups excluding carboxylic acids is 1. The Kier molecular flexibility index (Phi) is 9.45. The lowest BCUT2D eigenvalue weighted by atomic mass is 10.0. The topological polar surface area (TPSA) is 72.8 Å². The van der Waals surface area contributed by atoms with Gasteiger partial charge in [-0.15, -0.1) is 0 Å². The van der Waals surface area contributed by atoms with Crippen molar-refractivity contribution >= 4 is 11.8 Å². The van der Waals surface area contributed by atoms with E-state index in [-0.39, 0.29) is 5.78 Å². The van der Waals surface area contributed by atoms with Crippen molar-refractivity contribution in [3.63, 3.8) is 0 Å². The fourth-order valence-electron chi connectivity index (χ4n) is 3.35. The molecule has 0 aliphatic heterocycles. The number of carboxylic acids is 1. The van der Waals surface area contributed by atoms with E-state index in [1.165, 1.54) is 7.11 Å². The Balaban J connectivity index is 1.38. The number of ketones is 1. The van der Waals surface area contributed by atoms with Gasteiger partial charge in [-0.25, -0.2) is 4.79 Å². The average Bonchev–Trinajstić information content (AvgIpc) is 2.86. The Morgan fingerprint density at radius 1 is 0.912 bits per heavy atom. The van der Waals surface area contributed by atoms with Crippen LogP contribution in [-0.2, 0) is 22.4 Å². The first-order valence-corrected chi connectivity index (χ1v) is 11.2. The quantitative estimate of drug-likeness (QED) is 0.251. The number of ether oxygens (including phenoxy) is 2. The van der Waals surface area contributed by atoms with Crippen molar-refractivity contribution in [2.75, 3.05) is 13.7 Å². The third-order valence-corrected chi connectivity index (χ3v) is 5.27. The summed E-state index contributed by atoms with van der Waals surface area (Å²) in [6, 6.07) is 24.5. The van der Waals surface area contributed by atoms with Crippen LogP contribution in [0.2, 0.25) is 0 Å². The van der Waals surface area contributed by atoms with Gasteiger partial charge in [0.1, 0.15) is 5.75 Å². The summed E-state index contributed by atoms with van der Waals surface area (Å²) < 4.78 is 10.7. The van der Waals surface area contributed by atoms with Crippen LogP contribution < -0.4 is 4.74 Å². The number of Topliss-reactive ketones (excluding diaryl/α,β-unsaturated/α-hetero) is 1. The number of hydrogen-bond acceptors (Lipinski definition) is 4. The molecule has 0 heterocycles. The summed E-state index contributed by atoms with van der Waals surface area (Å²) in [5.41, 5.74) is 3.45. The van der Waals surface area contributed by atoms with E-state index in [0.29, 0.717) is 31.4 Å². The summed E-state index contributed by atoms with van der Waals surface area (Å²) in [6.07, 6.45) is 1.34. The minimum Gasteiger partial charge on any atom is -0.494 e. The Hall–Kier alpha value is -3.88. The van der Waals surface area contributed by atoms with E-state index in [2.05, 4.69) is 11.8 Å². The molecule has 34 heavy (non-hydrogen) atoms. The second-order valence-corrected chi connectivity index (χ2v) is 7.83. The Morgan fingerprint density at radius 2 is 1.62 bits per heavy atom. The lowest BCUT2D eigenvalue weighted by Crippen LogP contribution is -2.24. The van der Waals surface area contributed by atoms with E-state index < -0.39 is 12.1 Å². The zero-order chi connectivity index (χ0) is 24.2. The average molecular weight is 457 g/mol. The Morgan fingerprint density at radius 3 is 2.26 bits per heavy atom. The summed E-state index contributed by atoms with van der Waals surface area (Å²) in [7, 11) is 1.39. The van der Waals surface area contributed by atoms with Crippen LogP contribution in [0.25, 0.3) is 0 Å². The van der Waals surface area contributed by atoms with Gasteiger partial charge in [0.2, 0.25) is 0 Å². The molecule has 3 aromatic rings. The van der Waals surface area contributed by atoms with Crippen LogP contribution in [0.3, 0.4) is 0 Å². The monoisotopic (exact) mass is 456 g/mol. The second kappa shape index (κ2) is 13.0. The number of methoxy groups -OCH3 is 1. The first-order valence-electron chi connectivity index (χ1n) is 11.2. The van der Waals surface area contributed by atoms with E-state index in [4.69, 9.17) is 14.6 Å². The number of carbonyl (C=O) groups is 2. The van der Waals surface area contributed by atoms with Crippen molar-refractivity contribution in [1.82, 2.24) is 0 Å². The number of rotatable bonds is 11. The molecule has 0 saturated carbocycles. The van der Waals surface area contributed by atoms with Gasteiger partial charge in [0.15, 0.2) is 11.9 Å². The van der Waals surface area contributed by atoms with Gasteiger partial charge >= 0.3 is 5.97 Å². The van der Waals surface area contributed by atoms with Gasteiger partial charge < -0.3 is 14.6 Å². The molecule has 0 amide bonds. The largest absolute Gasteiger partial charge is 0.494 e. The molecule has 0 spiro atoms. The third kappa shape index (κ3) is 7.91. The molecule has 5 nitrogen and oxygen atoms in total. The minimum atomic E-state index is -0.971. The molecule has 0 bridgehead atoms. The van der Waals surface area contributed by atoms with E-state index in [1.807, 2.05) is 66.7 Å². The number of carboxylic acid groups (broad SMARTS) is 1. The normalized spacial score (nSPS) is 11.2. The van der Waals surface area contributed by atoms with Gasteiger partial charge in [-0.1, -0.05) is 54.3 Å². The molecule has 3 rings (SSSR count). The summed E-state index contributed by atoms with van der Waals surface area (Å²) >= 11 is 0. The fraction of sp³-hybridized carbons (Fsp3) is 0.241. The van der Waals surface area contributed by atoms with Crippen LogP contribution >= 0.6 is 0 Å². The Labute approximate surface area is 200 Å². The summed E-state index contributed by atoms with van der Waals surface area (Å²) in [5.74, 6) is 6.09. The Bertz CT molecular complexity index is 1120. The third-order valence-electron chi connectivity index (χ3n) is 5.27. The highest BCUT2D eigenvalue weighted by molar-refractivity contribution is 5.97. The number of aliphatic carboxylic acids is 1. The van der Waals surface area contributed by atoms with Crippen molar-refractivity contribution in [2.45, 2.75) is 31.8 Å². The first kappa shape index (κ1) is 24.8. The molecule has 5 heteroatoms. The lowest BCUT2D eigenvalue weighted by molar-refractivity contribution is -0.148. The molecule has 1 atom stereocenters. The molecule has 0 aliphatic rings. The summed E-state index contributed by atoms with van der Waals surface area (Å²) in [4.78, 5) is 23.4. The highest BCUT2D eigenvalue weighted by Crippen LogP contribution is 2.15. The standard InChI is InChI=1S/C29H28O5/c1-33-28(29(31)32)21-24-13-11-22(12-14-24)8-6-3-7-19-34-26-17-15-25(16-18-26)27(30)20-23-9-4-2-5-10-23/h2,4-5,9-18,28H,3,7,19-21H2,1H3,(H,31,32)/t28-/m0/s1. The second-order valence-electron chi connectivity index (χ2n) is 7.83. The van der Waals surface area contributed by atoms with Crippen molar-refractivity contribution in [3.05, 3.63) is 101 Å². The molecular weight excluding hydrogens is 428 g/mol. The van der Waals surface area contributed by atoms with Gasteiger partial charge in [-0.05, 0) is 53.9 Å². The molecular formula is C29H28O5. The van der Waals surface area contributed by atoms with Gasteiger partial charge in [0, 0.05) is 37.5 Å². The SMILES string of the molecule is CO[C@@H](Cc1ccc(C#CCCCOc2ccc(C(=O)Cc3ccccc3)cc2)cc1)C(=O)O. The predicted octanol–water partition coefficient (Wildman–Crippen LogP) is 4.96. The molecule has 0 aliphatic carbocycles. The van der Waals surface area contributed by atoms with Crippen molar-refractivity contribution in [3.8, 4) is 17.6 Å². The van der Waals surface area contributed by atoms with Gasteiger partial charge in [0.25, 0.3) is 0 Å². The van der Waals surface area contributed by atoms with Crippen LogP contribution in [0.4, 0.5) is 0 Å². The highest BCUT2D eigenvalue weighted by atomic mass is 16.5. The maximum atomic E-state index is 12.4. The summed E-state index contributed by atoms with van der Waals surface area (Å²) in [6.45, 7) is 0.540. The van der Waals surface area contributed by atoms with Gasteiger partial charge in [-0.2, -0.15) is 0 Å². The number of unbranched alkanes of at least 4 members (excludes halogenated alkanes) is 1. The highest BCUT2D eigenvalue weighted by Gasteiger charge is 2.16. The number of benzene rings is 3. The molecule has 1 N–H and O–H groups in total. The van der Waals surface area contributed by atoms with Crippen molar-refractivity contribution in [2.24, 2.45) is 0 Å². The van der Waals surface area contributed by atoms with Crippen LogP contribution in [0, 0.1) is 11.8 Å². The summed E-state index contributed by atoms with van der Waals surface area (Å²) in [5, 5.41) is 9.06. The van der Waals surface area contributed by atoms with Crippen LogP contribution in [0.15, 0.2) is 78.9 Å². The molecule has 3 aromatic carbocycles. The molecule has 0 unspecified atom stereocenters. The predicted molar refractivity (Wildman–Crippen MR) is 131 cm³/mol. The first-order chi connectivity index (χ1) is 16.5. The fourth-order valence-corrected chi connectivity index (χ4v) is 3.35. The van der Waals surface area contributed by atoms with Gasteiger partial charge in [-0.3, -0.25) is 4.79 Å². The van der Waals surface area contributed by atoms with Gasteiger partial charge in [0.05, 0.1) is 6.61 Å². The van der Waals surface area contributed by atoms with Crippen LogP contribution in [-0.4, -0.2) is 36.7 Å². The zero-order valence-electron chi connectivity index (χ0n) is 19.2. The molecule has 0 radical (unpaired) electrons. The lowest BCUT2D eigenvalue weighted by Gasteiger charge is -2.10. The molecule has 174 valence electrons. The van der Waals surface area contributed by atoms with E-state index >= 15 is 0 Å². The van der Waals surface area contributed by atoms with Crippen molar-refractivity contribution < 1.29 is 24.2 Å². The number of hydrogen-bond donors (Lipinski definition) is 1. The molecule has 0 aromatic heterocycles. The van der Waals surface area contributed by atoms with Crippen LogP contribution in [0.5, 0.6) is 5.75 Å². The molecule has 0 saturated heterocycles. The van der Waals surface area contributed by atoms with E-state index in [9.17, 15) is 9.59 Å². The minimum absolute atomic E-state index is 0.0847. The van der Waals surface area contributed by atoms with E-state index in [1.54, 1.807) is 12.1 Å².